The van der Waals surface area contributed by atoms with Crippen LogP contribution in [0.5, 0.6) is 5.75 Å². The Morgan fingerprint density at radius 3 is 2.53 bits per heavy atom. The molecule has 0 aliphatic heterocycles. The normalized spacial score (nSPS) is 24.6. The number of hydrogen-bond donors (Lipinski definition) is 0. The highest BCUT2D eigenvalue weighted by molar-refractivity contribution is 9.10. The van der Waals surface area contributed by atoms with Crippen molar-refractivity contribution in [2.24, 2.45) is 5.92 Å². The van der Waals surface area contributed by atoms with Crippen molar-refractivity contribution in [2.45, 2.75) is 52.1 Å². The molecule has 0 heterocycles. The Morgan fingerprint density at radius 2 is 1.94 bits per heavy atom. The fourth-order valence-corrected chi connectivity index (χ4v) is 3.13. The minimum absolute atomic E-state index is 0.414. The van der Waals surface area contributed by atoms with Gasteiger partial charge < -0.3 is 4.74 Å². The number of benzene rings is 1. The molecule has 2 heteroatoms. The van der Waals surface area contributed by atoms with Crippen LogP contribution in [0.3, 0.4) is 0 Å². The Kier molecular flexibility index (Phi) is 4.49. The molecule has 0 spiro atoms. The molecular formula is C15H21BrO. The van der Waals surface area contributed by atoms with Crippen molar-refractivity contribution in [3.05, 3.63) is 28.2 Å². The zero-order valence-electron chi connectivity index (χ0n) is 10.7. The topological polar surface area (TPSA) is 9.23 Å². The van der Waals surface area contributed by atoms with Crippen LogP contribution >= 0.6 is 15.9 Å². The third-order valence-corrected chi connectivity index (χ3v) is 4.37. The predicted molar refractivity (Wildman–Crippen MR) is 75.5 cm³/mol. The summed E-state index contributed by atoms with van der Waals surface area (Å²) >= 11 is 3.57. The van der Waals surface area contributed by atoms with Crippen LogP contribution in [-0.2, 0) is 0 Å². The quantitative estimate of drug-likeness (QED) is 0.753. The molecule has 0 radical (unpaired) electrons. The van der Waals surface area contributed by atoms with Crippen molar-refractivity contribution in [3.63, 3.8) is 0 Å². The minimum atomic E-state index is 0.414. The molecule has 1 aliphatic carbocycles. The lowest BCUT2D eigenvalue weighted by molar-refractivity contribution is 0.129. The van der Waals surface area contributed by atoms with E-state index in [0.29, 0.717) is 6.10 Å². The molecule has 0 N–H and O–H groups in total. The predicted octanol–water partition coefficient (Wildman–Crippen LogP) is 5.11. The van der Waals surface area contributed by atoms with E-state index in [-0.39, 0.29) is 0 Å². The molecule has 0 atom stereocenters. The van der Waals surface area contributed by atoms with Crippen molar-refractivity contribution in [1.29, 1.82) is 0 Å². The summed E-state index contributed by atoms with van der Waals surface area (Å²) in [6.45, 7) is 4.39. The van der Waals surface area contributed by atoms with Crippen LogP contribution in [0.25, 0.3) is 0 Å². The Labute approximate surface area is 113 Å². The lowest BCUT2D eigenvalue weighted by atomic mass is 9.86. The van der Waals surface area contributed by atoms with Gasteiger partial charge in [-0.3, -0.25) is 0 Å². The van der Waals surface area contributed by atoms with Crippen molar-refractivity contribution in [3.8, 4) is 5.75 Å². The standard InChI is InChI=1S/C15H21BrO/c1-3-12-5-7-13(8-6-12)17-15-9-4-11(2)10-14(15)16/h4,9-10,12-13H,3,5-8H2,1-2H3. The molecule has 0 saturated heterocycles. The SMILES string of the molecule is CCC1CCC(Oc2ccc(C)cc2Br)CC1. The Bertz CT molecular complexity index is 367. The highest BCUT2D eigenvalue weighted by atomic mass is 79.9. The highest BCUT2D eigenvalue weighted by Gasteiger charge is 2.21. The molecule has 0 bridgehead atoms. The summed E-state index contributed by atoms with van der Waals surface area (Å²) < 4.78 is 7.17. The van der Waals surface area contributed by atoms with Crippen LogP contribution in [0.1, 0.15) is 44.6 Å². The Morgan fingerprint density at radius 1 is 1.24 bits per heavy atom. The first-order valence-corrected chi connectivity index (χ1v) is 7.41. The van der Waals surface area contributed by atoms with E-state index in [1.54, 1.807) is 0 Å². The Hall–Kier alpha value is -0.500. The number of hydrogen-bond acceptors (Lipinski definition) is 1. The average molecular weight is 297 g/mol. The van der Waals surface area contributed by atoms with Crippen LogP contribution < -0.4 is 4.74 Å². The van der Waals surface area contributed by atoms with E-state index in [1.807, 2.05) is 0 Å². The third kappa shape index (κ3) is 3.48. The summed E-state index contributed by atoms with van der Waals surface area (Å²) in [5, 5.41) is 0. The molecule has 94 valence electrons. The molecule has 1 saturated carbocycles. The van der Waals surface area contributed by atoms with Gasteiger partial charge in [-0.1, -0.05) is 19.4 Å². The van der Waals surface area contributed by atoms with E-state index in [9.17, 15) is 0 Å². The van der Waals surface area contributed by atoms with Gasteiger partial charge in [-0.05, 0) is 72.2 Å². The maximum Gasteiger partial charge on any atom is 0.133 e. The van der Waals surface area contributed by atoms with Crippen molar-refractivity contribution in [1.82, 2.24) is 0 Å². The summed E-state index contributed by atoms with van der Waals surface area (Å²) in [7, 11) is 0. The summed E-state index contributed by atoms with van der Waals surface area (Å²) in [6, 6.07) is 6.30. The molecule has 1 aromatic carbocycles. The second-order valence-electron chi connectivity index (χ2n) is 5.10. The largest absolute Gasteiger partial charge is 0.489 e. The smallest absolute Gasteiger partial charge is 0.133 e. The minimum Gasteiger partial charge on any atom is -0.489 e. The van der Waals surface area contributed by atoms with E-state index in [2.05, 4.69) is 48.0 Å². The fourth-order valence-electron chi connectivity index (χ4n) is 2.54. The van der Waals surface area contributed by atoms with Crippen LogP contribution in [0, 0.1) is 12.8 Å². The first-order chi connectivity index (χ1) is 8.19. The lowest BCUT2D eigenvalue weighted by Gasteiger charge is -2.28. The number of rotatable bonds is 3. The molecule has 0 amide bonds. The van der Waals surface area contributed by atoms with E-state index in [0.717, 1.165) is 16.1 Å². The van der Waals surface area contributed by atoms with Crippen LogP contribution in [0.2, 0.25) is 0 Å². The van der Waals surface area contributed by atoms with Crippen LogP contribution in [0.15, 0.2) is 22.7 Å². The zero-order valence-corrected chi connectivity index (χ0v) is 12.3. The first kappa shape index (κ1) is 12.9. The zero-order chi connectivity index (χ0) is 12.3. The molecule has 2 rings (SSSR count). The van der Waals surface area contributed by atoms with Gasteiger partial charge in [0.05, 0.1) is 10.6 Å². The van der Waals surface area contributed by atoms with Crippen LogP contribution in [0.4, 0.5) is 0 Å². The van der Waals surface area contributed by atoms with Gasteiger partial charge in [0, 0.05) is 0 Å². The average Bonchev–Trinajstić information content (AvgIpc) is 2.34. The monoisotopic (exact) mass is 296 g/mol. The van der Waals surface area contributed by atoms with Crippen molar-refractivity contribution in [2.75, 3.05) is 0 Å². The summed E-state index contributed by atoms with van der Waals surface area (Å²) in [6.07, 6.45) is 6.80. The molecule has 1 fully saturated rings. The molecule has 1 aliphatic rings. The Balaban J connectivity index is 1.93. The van der Waals surface area contributed by atoms with Gasteiger partial charge in [0.25, 0.3) is 0 Å². The highest BCUT2D eigenvalue weighted by Crippen LogP contribution is 2.32. The van der Waals surface area contributed by atoms with Crippen molar-refractivity contribution < 1.29 is 4.74 Å². The first-order valence-electron chi connectivity index (χ1n) is 6.62. The van der Waals surface area contributed by atoms with Gasteiger partial charge in [0.1, 0.15) is 5.75 Å². The molecule has 0 aromatic heterocycles. The van der Waals surface area contributed by atoms with Gasteiger partial charge in [-0.2, -0.15) is 0 Å². The van der Waals surface area contributed by atoms with E-state index in [1.165, 1.54) is 37.7 Å². The summed E-state index contributed by atoms with van der Waals surface area (Å²) in [5.41, 5.74) is 1.26. The summed E-state index contributed by atoms with van der Waals surface area (Å²) in [4.78, 5) is 0. The van der Waals surface area contributed by atoms with Crippen molar-refractivity contribution >= 4 is 15.9 Å². The third-order valence-electron chi connectivity index (χ3n) is 3.75. The van der Waals surface area contributed by atoms with E-state index < -0.39 is 0 Å². The molecule has 1 aromatic rings. The van der Waals surface area contributed by atoms with Gasteiger partial charge in [-0.15, -0.1) is 0 Å². The van der Waals surface area contributed by atoms with E-state index in [4.69, 9.17) is 4.74 Å². The van der Waals surface area contributed by atoms with Gasteiger partial charge in [0.2, 0.25) is 0 Å². The van der Waals surface area contributed by atoms with Gasteiger partial charge in [0.15, 0.2) is 0 Å². The lowest BCUT2D eigenvalue weighted by Crippen LogP contribution is -2.24. The van der Waals surface area contributed by atoms with Gasteiger partial charge in [-0.25, -0.2) is 0 Å². The van der Waals surface area contributed by atoms with E-state index >= 15 is 0 Å². The fraction of sp³-hybridized carbons (Fsp3) is 0.600. The molecule has 17 heavy (non-hydrogen) atoms. The molecular weight excluding hydrogens is 276 g/mol. The second-order valence-corrected chi connectivity index (χ2v) is 5.96. The van der Waals surface area contributed by atoms with Gasteiger partial charge >= 0.3 is 0 Å². The number of aryl methyl sites for hydroxylation is 1. The number of halogens is 1. The molecule has 1 nitrogen and oxygen atoms in total. The second kappa shape index (κ2) is 5.90. The van der Waals surface area contributed by atoms with Crippen LogP contribution in [-0.4, -0.2) is 6.10 Å². The number of ether oxygens (including phenoxy) is 1. The maximum atomic E-state index is 6.09. The molecule has 0 unspecified atom stereocenters. The maximum absolute atomic E-state index is 6.09. The summed E-state index contributed by atoms with van der Waals surface area (Å²) in [5.74, 6) is 1.92.